The number of fused-ring (bicyclic) bond motifs is 2. The molecule has 3 amide bonds. The maximum Gasteiger partial charge on any atom is 0.318 e. The summed E-state index contributed by atoms with van der Waals surface area (Å²) in [5, 5.41) is 13.7. The number of urea groups is 1. The van der Waals surface area contributed by atoms with Crippen molar-refractivity contribution in [3.63, 3.8) is 0 Å². The average Bonchev–Trinajstić information content (AvgIpc) is 3.31. The molecule has 5 rings (SSSR count). The van der Waals surface area contributed by atoms with Crippen LogP contribution in [0.5, 0.6) is 0 Å². The molecule has 2 aromatic heterocycles. The Bertz CT molecular complexity index is 1020. The first-order valence-electron chi connectivity index (χ1n) is 10.7. The Kier molecular flexibility index (Phi) is 4.90. The maximum absolute atomic E-state index is 13.1. The van der Waals surface area contributed by atoms with Crippen LogP contribution in [0.25, 0.3) is 0 Å². The van der Waals surface area contributed by atoms with E-state index in [1.54, 1.807) is 12.1 Å². The van der Waals surface area contributed by atoms with E-state index in [0.717, 1.165) is 37.3 Å². The summed E-state index contributed by atoms with van der Waals surface area (Å²) in [7, 11) is 0. The minimum Gasteiger partial charge on any atom is -0.327 e. The fourth-order valence-electron chi connectivity index (χ4n) is 5.00. The summed E-state index contributed by atoms with van der Waals surface area (Å²) in [6.07, 6.45) is 4.39. The Hall–Kier alpha value is -2.65. The van der Waals surface area contributed by atoms with Gasteiger partial charge in [0.1, 0.15) is 5.69 Å². The molecule has 3 N–H and O–H groups in total. The molecule has 10 heteroatoms. The lowest BCUT2D eigenvalue weighted by Crippen LogP contribution is -2.62. The second kappa shape index (κ2) is 7.49. The number of carbonyl (C=O) groups is 2. The van der Waals surface area contributed by atoms with Gasteiger partial charge in [-0.2, -0.15) is 5.10 Å². The SMILES string of the molecule is CC1CN2CCCC2CN1C(=O)NC1(C)Cc2c(NC(=O)c3ccc(Cl)cn3)n[nH]c21. The van der Waals surface area contributed by atoms with Gasteiger partial charge in [-0.1, -0.05) is 11.6 Å². The van der Waals surface area contributed by atoms with Crippen molar-refractivity contribution in [3.8, 4) is 0 Å². The molecule has 31 heavy (non-hydrogen) atoms. The number of aromatic nitrogens is 3. The number of nitrogens with one attached hydrogen (secondary N) is 3. The molecule has 0 spiro atoms. The zero-order valence-electron chi connectivity index (χ0n) is 17.6. The number of nitrogens with zero attached hydrogens (tertiary/aromatic N) is 4. The zero-order chi connectivity index (χ0) is 21.8. The van der Waals surface area contributed by atoms with Crippen molar-refractivity contribution in [1.29, 1.82) is 0 Å². The summed E-state index contributed by atoms with van der Waals surface area (Å²) in [6, 6.07) is 3.79. The number of rotatable bonds is 3. The third-order valence-electron chi connectivity index (χ3n) is 6.72. The lowest BCUT2D eigenvalue weighted by atomic mass is 9.76. The number of aromatic amines is 1. The van der Waals surface area contributed by atoms with Crippen molar-refractivity contribution in [2.24, 2.45) is 0 Å². The van der Waals surface area contributed by atoms with Gasteiger partial charge in [0.2, 0.25) is 0 Å². The molecule has 2 aromatic rings. The monoisotopic (exact) mass is 443 g/mol. The first kappa shape index (κ1) is 20.3. The van der Waals surface area contributed by atoms with Crippen LogP contribution in [0.3, 0.4) is 0 Å². The normalized spacial score (nSPS) is 27.3. The molecule has 0 bridgehead atoms. The lowest BCUT2D eigenvalue weighted by Gasteiger charge is -2.45. The summed E-state index contributed by atoms with van der Waals surface area (Å²) in [5.41, 5.74) is 1.45. The number of hydrogen-bond donors (Lipinski definition) is 3. The van der Waals surface area contributed by atoms with Gasteiger partial charge in [-0.3, -0.25) is 14.8 Å². The van der Waals surface area contributed by atoms with Gasteiger partial charge >= 0.3 is 6.03 Å². The quantitative estimate of drug-likeness (QED) is 0.675. The number of pyridine rings is 1. The van der Waals surface area contributed by atoms with Crippen molar-refractivity contribution in [1.82, 2.24) is 30.3 Å². The summed E-state index contributed by atoms with van der Waals surface area (Å²) >= 11 is 5.83. The average molecular weight is 444 g/mol. The molecule has 3 atom stereocenters. The van der Waals surface area contributed by atoms with E-state index in [1.165, 1.54) is 12.6 Å². The Morgan fingerprint density at radius 2 is 2.16 bits per heavy atom. The standard InChI is InChI=1S/C21H26ClN7O2/c1-12-10-28-7-3-4-14(28)11-29(12)20(31)25-21(2)8-15-17(21)26-27-18(15)24-19(30)16-6-5-13(22)9-23-16/h5-6,9,12,14H,3-4,7-8,10-11H2,1-2H3,(H,25,31)(H2,24,26,27,30). The van der Waals surface area contributed by atoms with Gasteiger partial charge < -0.3 is 15.5 Å². The fraction of sp³-hybridized carbons (Fsp3) is 0.524. The Balaban J connectivity index is 1.25. The minimum absolute atomic E-state index is 0.0438. The fourth-order valence-corrected chi connectivity index (χ4v) is 5.11. The molecule has 0 aromatic carbocycles. The van der Waals surface area contributed by atoms with Crippen LogP contribution in [0.15, 0.2) is 18.3 Å². The highest BCUT2D eigenvalue weighted by atomic mass is 35.5. The second-order valence-electron chi connectivity index (χ2n) is 8.97. The van der Waals surface area contributed by atoms with E-state index in [-0.39, 0.29) is 23.7 Å². The van der Waals surface area contributed by atoms with Crippen LogP contribution >= 0.6 is 11.6 Å². The molecular weight excluding hydrogens is 418 g/mol. The van der Waals surface area contributed by atoms with Crippen LogP contribution in [0, 0.1) is 0 Å². The largest absolute Gasteiger partial charge is 0.327 e. The van der Waals surface area contributed by atoms with Gasteiger partial charge in [0, 0.05) is 43.4 Å². The van der Waals surface area contributed by atoms with Gasteiger partial charge in [-0.25, -0.2) is 9.78 Å². The van der Waals surface area contributed by atoms with Crippen LogP contribution < -0.4 is 10.6 Å². The highest BCUT2D eigenvalue weighted by Crippen LogP contribution is 2.41. The molecule has 3 aliphatic rings. The number of amides is 3. The molecule has 2 fully saturated rings. The smallest absolute Gasteiger partial charge is 0.318 e. The Morgan fingerprint density at radius 3 is 2.94 bits per heavy atom. The van der Waals surface area contributed by atoms with Gasteiger partial charge in [0.15, 0.2) is 5.82 Å². The summed E-state index contributed by atoms with van der Waals surface area (Å²) in [5.74, 6) is 0.114. The Labute approximate surface area is 185 Å². The molecule has 2 aliphatic heterocycles. The number of halogens is 1. The predicted molar refractivity (Wildman–Crippen MR) is 116 cm³/mol. The van der Waals surface area contributed by atoms with E-state index in [2.05, 4.69) is 37.6 Å². The molecule has 2 saturated heterocycles. The van der Waals surface area contributed by atoms with Crippen molar-refractivity contribution in [2.75, 3.05) is 25.0 Å². The third-order valence-corrected chi connectivity index (χ3v) is 6.95. The number of anilines is 1. The highest BCUT2D eigenvalue weighted by molar-refractivity contribution is 6.30. The van der Waals surface area contributed by atoms with E-state index in [1.807, 2.05) is 11.8 Å². The van der Waals surface area contributed by atoms with Crippen molar-refractivity contribution in [2.45, 2.75) is 50.7 Å². The number of H-pyrrole nitrogens is 1. The van der Waals surface area contributed by atoms with E-state index in [0.29, 0.717) is 23.3 Å². The van der Waals surface area contributed by atoms with E-state index < -0.39 is 5.54 Å². The molecule has 9 nitrogen and oxygen atoms in total. The summed E-state index contributed by atoms with van der Waals surface area (Å²) in [4.78, 5) is 34.0. The molecular formula is C21H26ClN7O2. The molecule has 3 unspecified atom stereocenters. The summed E-state index contributed by atoms with van der Waals surface area (Å²) in [6.45, 7) is 6.93. The first-order valence-corrected chi connectivity index (χ1v) is 11.1. The molecule has 164 valence electrons. The zero-order valence-corrected chi connectivity index (χ0v) is 18.4. The maximum atomic E-state index is 13.1. The van der Waals surface area contributed by atoms with Crippen LogP contribution in [0.2, 0.25) is 5.02 Å². The van der Waals surface area contributed by atoms with Gasteiger partial charge in [-0.05, 0) is 45.4 Å². The van der Waals surface area contributed by atoms with E-state index in [9.17, 15) is 9.59 Å². The topological polar surface area (TPSA) is 106 Å². The minimum atomic E-state index is -0.534. The molecule has 1 aliphatic carbocycles. The highest BCUT2D eigenvalue weighted by Gasteiger charge is 2.46. The molecule has 4 heterocycles. The van der Waals surface area contributed by atoms with Crippen molar-refractivity contribution < 1.29 is 9.59 Å². The van der Waals surface area contributed by atoms with Crippen LogP contribution in [0.1, 0.15) is 48.4 Å². The van der Waals surface area contributed by atoms with Crippen molar-refractivity contribution >= 4 is 29.4 Å². The second-order valence-corrected chi connectivity index (χ2v) is 9.41. The molecule has 0 radical (unpaired) electrons. The number of hydrogen-bond acceptors (Lipinski definition) is 5. The van der Waals surface area contributed by atoms with Crippen LogP contribution in [-0.4, -0.2) is 68.6 Å². The number of piperazine rings is 1. The van der Waals surface area contributed by atoms with E-state index in [4.69, 9.17) is 11.6 Å². The molecule has 0 saturated carbocycles. The number of carbonyl (C=O) groups excluding carboxylic acids is 2. The van der Waals surface area contributed by atoms with Crippen molar-refractivity contribution in [3.05, 3.63) is 40.3 Å². The van der Waals surface area contributed by atoms with Crippen LogP contribution in [-0.2, 0) is 12.0 Å². The lowest BCUT2D eigenvalue weighted by molar-refractivity contribution is 0.0752. The van der Waals surface area contributed by atoms with Crippen LogP contribution in [0.4, 0.5) is 10.6 Å². The summed E-state index contributed by atoms with van der Waals surface area (Å²) < 4.78 is 0. The van der Waals surface area contributed by atoms with Gasteiger partial charge in [-0.15, -0.1) is 0 Å². The first-order chi connectivity index (χ1) is 14.8. The third kappa shape index (κ3) is 3.55. The van der Waals surface area contributed by atoms with Gasteiger partial charge in [0.05, 0.1) is 16.3 Å². The predicted octanol–water partition coefficient (Wildman–Crippen LogP) is 2.36. The Morgan fingerprint density at radius 1 is 1.32 bits per heavy atom. The van der Waals surface area contributed by atoms with E-state index >= 15 is 0 Å². The van der Waals surface area contributed by atoms with Gasteiger partial charge in [0.25, 0.3) is 5.91 Å².